The van der Waals surface area contributed by atoms with Crippen LogP contribution < -0.4 is 5.32 Å². The summed E-state index contributed by atoms with van der Waals surface area (Å²) in [7, 11) is 0. The van der Waals surface area contributed by atoms with Gasteiger partial charge >= 0.3 is 0 Å². The number of hydrogen-bond donors (Lipinski definition) is 1. The molecule has 0 radical (unpaired) electrons. The van der Waals surface area contributed by atoms with Gasteiger partial charge in [0.1, 0.15) is 0 Å². The van der Waals surface area contributed by atoms with Crippen LogP contribution >= 0.6 is 0 Å². The molecule has 0 saturated carbocycles. The molecule has 23 heavy (non-hydrogen) atoms. The zero-order valence-corrected chi connectivity index (χ0v) is 14.3. The Morgan fingerprint density at radius 3 is 2.09 bits per heavy atom. The Bertz CT molecular complexity index is 682. The van der Waals surface area contributed by atoms with E-state index in [-0.39, 0.29) is 5.41 Å². The maximum atomic E-state index is 5.84. The van der Waals surface area contributed by atoms with Crippen LogP contribution in [0.5, 0.6) is 0 Å². The van der Waals surface area contributed by atoms with Crippen LogP contribution in [-0.2, 0) is 20.7 Å². The van der Waals surface area contributed by atoms with Crippen molar-refractivity contribution < 1.29 is 9.47 Å². The molecular formula is C20H25NO2. The second-order valence-corrected chi connectivity index (χ2v) is 7.11. The van der Waals surface area contributed by atoms with Gasteiger partial charge in [0, 0.05) is 16.9 Å². The molecule has 1 saturated heterocycles. The molecule has 1 fully saturated rings. The van der Waals surface area contributed by atoms with Crippen LogP contribution in [0.2, 0.25) is 0 Å². The fraction of sp³-hybridized carbons (Fsp3) is 0.400. The van der Waals surface area contributed by atoms with Crippen molar-refractivity contribution in [2.45, 2.75) is 38.9 Å². The standard InChI is InChI=1S/C20H25NO2/c1-19(2,3)15-9-5-7-11-17(15)21-18-12-8-6-10-16(18)20(4)22-13-14-23-20/h5-12,21H,13-14H2,1-4H3. The Balaban J connectivity index is 1.99. The molecule has 3 heteroatoms. The predicted octanol–water partition coefficient (Wildman–Crippen LogP) is 4.95. The quantitative estimate of drug-likeness (QED) is 0.870. The predicted molar refractivity (Wildman–Crippen MR) is 94.1 cm³/mol. The van der Waals surface area contributed by atoms with Gasteiger partial charge in [-0.2, -0.15) is 0 Å². The molecule has 1 N–H and O–H groups in total. The van der Waals surface area contributed by atoms with Crippen molar-refractivity contribution >= 4 is 11.4 Å². The van der Waals surface area contributed by atoms with Crippen LogP contribution in [0.1, 0.15) is 38.8 Å². The summed E-state index contributed by atoms with van der Waals surface area (Å²) in [5.41, 5.74) is 4.53. The van der Waals surface area contributed by atoms with Crippen molar-refractivity contribution in [2.75, 3.05) is 18.5 Å². The van der Waals surface area contributed by atoms with Crippen LogP contribution in [0, 0.1) is 0 Å². The minimum Gasteiger partial charge on any atom is -0.355 e. The minimum absolute atomic E-state index is 0.0722. The Labute approximate surface area is 138 Å². The molecule has 3 rings (SSSR count). The van der Waals surface area contributed by atoms with E-state index in [4.69, 9.17) is 9.47 Å². The van der Waals surface area contributed by atoms with E-state index in [0.717, 1.165) is 16.9 Å². The van der Waals surface area contributed by atoms with E-state index in [9.17, 15) is 0 Å². The fourth-order valence-electron chi connectivity index (χ4n) is 3.05. The van der Waals surface area contributed by atoms with Crippen LogP contribution in [-0.4, -0.2) is 13.2 Å². The van der Waals surface area contributed by atoms with Gasteiger partial charge in [0.15, 0.2) is 5.79 Å². The lowest BCUT2D eigenvalue weighted by Gasteiger charge is -2.28. The first kappa shape index (κ1) is 16.0. The Morgan fingerprint density at radius 2 is 1.43 bits per heavy atom. The largest absolute Gasteiger partial charge is 0.355 e. The molecule has 0 amide bonds. The zero-order chi connectivity index (χ0) is 16.5. The number of hydrogen-bond acceptors (Lipinski definition) is 3. The second-order valence-electron chi connectivity index (χ2n) is 7.11. The van der Waals surface area contributed by atoms with Crippen molar-refractivity contribution in [3.8, 4) is 0 Å². The number of anilines is 2. The summed E-state index contributed by atoms with van der Waals surface area (Å²) in [6.07, 6.45) is 0. The highest BCUT2D eigenvalue weighted by Crippen LogP contribution is 2.38. The molecule has 0 spiro atoms. The number of benzene rings is 2. The van der Waals surface area contributed by atoms with Crippen molar-refractivity contribution in [1.82, 2.24) is 0 Å². The van der Waals surface area contributed by atoms with Crippen LogP contribution in [0.4, 0.5) is 11.4 Å². The van der Waals surface area contributed by atoms with Gasteiger partial charge in [-0.3, -0.25) is 0 Å². The third kappa shape index (κ3) is 3.26. The monoisotopic (exact) mass is 311 g/mol. The average Bonchev–Trinajstić information content (AvgIpc) is 2.95. The SMILES string of the molecule is CC(C)(C)c1ccccc1Nc1ccccc1C1(C)OCCO1. The summed E-state index contributed by atoms with van der Waals surface area (Å²) in [4.78, 5) is 0. The van der Waals surface area contributed by atoms with Crippen molar-refractivity contribution in [2.24, 2.45) is 0 Å². The zero-order valence-electron chi connectivity index (χ0n) is 14.3. The molecule has 2 aromatic rings. The van der Waals surface area contributed by atoms with Gasteiger partial charge in [0.25, 0.3) is 0 Å². The van der Waals surface area contributed by atoms with Crippen LogP contribution in [0.25, 0.3) is 0 Å². The molecule has 1 aliphatic rings. The van der Waals surface area contributed by atoms with E-state index in [1.165, 1.54) is 5.56 Å². The van der Waals surface area contributed by atoms with Gasteiger partial charge < -0.3 is 14.8 Å². The van der Waals surface area contributed by atoms with Gasteiger partial charge in [-0.1, -0.05) is 57.2 Å². The highest BCUT2D eigenvalue weighted by molar-refractivity contribution is 5.67. The van der Waals surface area contributed by atoms with Crippen molar-refractivity contribution in [3.63, 3.8) is 0 Å². The molecule has 0 aliphatic carbocycles. The Morgan fingerprint density at radius 1 is 0.870 bits per heavy atom. The van der Waals surface area contributed by atoms with Crippen molar-refractivity contribution in [3.05, 3.63) is 59.7 Å². The average molecular weight is 311 g/mol. The molecule has 0 bridgehead atoms. The van der Waals surface area contributed by atoms with E-state index in [1.807, 2.05) is 19.1 Å². The molecule has 0 unspecified atom stereocenters. The summed E-state index contributed by atoms with van der Waals surface area (Å²) in [5, 5.41) is 3.59. The van der Waals surface area contributed by atoms with Crippen molar-refractivity contribution in [1.29, 1.82) is 0 Å². The van der Waals surface area contributed by atoms with E-state index in [1.54, 1.807) is 0 Å². The third-order valence-corrected chi connectivity index (χ3v) is 4.26. The maximum Gasteiger partial charge on any atom is 0.194 e. The molecule has 3 nitrogen and oxygen atoms in total. The summed E-state index contributed by atoms with van der Waals surface area (Å²) in [6.45, 7) is 9.92. The third-order valence-electron chi connectivity index (χ3n) is 4.26. The fourth-order valence-corrected chi connectivity index (χ4v) is 3.05. The van der Waals surface area contributed by atoms with Gasteiger partial charge in [-0.05, 0) is 30.0 Å². The van der Waals surface area contributed by atoms with Gasteiger partial charge in [0.05, 0.1) is 13.2 Å². The lowest BCUT2D eigenvalue weighted by molar-refractivity contribution is -0.149. The Kier molecular flexibility index (Phi) is 4.17. The summed E-state index contributed by atoms with van der Waals surface area (Å²) in [5.74, 6) is -0.680. The number of ether oxygens (including phenoxy) is 2. The van der Waals surface area contributed by atoms with E-state index in [0.29, 0.717) is 13.2 Å². The molecule has 0 aromatic heterocycles. The maximum absolute atomic E-state index is 5.84. The topological polar surface area (TPSA) is 30.5 Å². The van der Waals surface area contributed by atoms with E-state index in [2.05, 4.69) is 62.5 Å². The number of rotatable bonds is 3. The highest BCUT2D eigenvalue weighted by atomic mass is 16.7. The molecule has 0 atom stereocenters. The molecule has 1 heterocycles. The molecule has 2 aromatic carbocycles. The first-order chi connectivity index (χ1) is 10.9. The lowest BCUT2D eigenvalue weighted by Crippen LogP contribution is -2.24. The Hall–Kier alpha value is -1.84. The minimum atomic E-state index is -0.680. The second kappa shape index (κ2) is 5.99. The molecule has 1 aliphatic heterocycles. The normalized spacial score (nSPS) is 17.2. The van der Waals surface area contributed by atoms with E-state index < -0.39 is 5.79 Å². The summed E-state index contributed by atoms with van der Waals surface area (Å²) in [6, 6.07) is 16.6. The van der Waals surface area contributed by atoms with Gasteiger partial charge in [0.2, 0.25) is 0 Å². The smallest absolute Gasteiger partial charge is 0.194 e. The first-order valence-electron chi connectivity index (χ1n) is 8.14. The van der Waals surface area contributed by atoms with Gasteiger partial charge in [-0.25, -0.2) is 0 Å². The lowest BCUT2D eigenvalue weighted by atomic mass is 9.85. The first-order valence-corrected chi connectivity index (χ1v) is 8.14. The number of nitrogens with one attached hydrogen (secondary N) is 1. The van der Waals surface area contributed by atoms with Crippen LogP contribution in [0.15, 0.2) is 48.5 Å². The van der Waals surface area contributed by atoms with E-state index >= 15 is 0 Å². The highest BCUT2D eigenvalue weighted by Gasteiger charge is 2.35. The van der Waals surface area contributed by atoms with Gasteiger partial charge in [-0.15, -0.1) is 0 Å². The summed E-state index contributed by atoms with van der Waals surface area (Å²) < 4.78 is 11.7. The molecule has 122 valence electrons. The summed E-state index contributed by atoms with van der Waals surface area (Å²) >= 11 is 0. The van der Waals surface area contributed by atoms with Crippen LogP contribution in [0.3, 0.4) is 0 Å². The molecular weight excluding hydrogens is 286 g/mol. The number of para-hydroxylation sites is 2.